The lowest BCUT2D eigenvalue weighted by atomic mass is 10.1. The molecule has 1 amide bonds. The Hall–Kier alpha value is -4.33. The van der Waals surface area contributed by atoms with Gasteiger partial charge in [0.1, 0.15) is 23.9 Å². The van der Waals surface area contributed by atoms with Crippen LogP contribution in [0.4, 0.5) is 14.9 Å². The highest BCUT2D eigenvalue weighted by Crippen LogP contribution is 2.38. The zero-order valence-electron chi connectivity index (χ0n) is 19.8. The summed E-state index contributed by atoms with van der Waals surface area (Å²) in [6, 6.07) is 14.8. The summed E-state index contributed by atoms with van der Waals surface area (Å²) in [5.41, 5.74) is 3.61. The number of carbonyl (C=O) groups is 1. The van der Waals surface area contributed by atoms with Crippen molar-refractivity contribution in [3.63, 3.8) is 0 Å². The van der Waals surface area contributed by atoms with Gasteiger partial charge >= 0.3 is 6.09 Å². The highest BCUT2D eigenvalue weighted by atomic mass is 19.1. The molecule has 0 radical (unpaired) electrons. The van der Waals surface area contributed by atoms with Gasteiger partial charge in [-0.2, -0.15) is 0 Å². The van der Waals surface area contributed by atoms with E-state index in [4.69, 9.17) is 18.9 Å². The lowest BCUT2D eigenvalue weighted by Crippen LogP contribution is -2.14. The maximum absolute atomic E-state index is 13.0. The summed E-state index contributed by atoms with van der Waals surface area (Å²) in [5, 5.41) is 3.52. The number of aryl methyl sites for hydroxylation is 2. The Morgan fingerprint density at radius 3 is 2.31 bits per heavy atom. The van der Waals surface area contributed by atoms with Crippen LogP contribution in [0.5, 0.6) is 23.0 Å². The van der Waals surface area contributed by atoms with Crippen molar-refractivity contribution in [3.8, 4) is 23.0 Å². The number of pyridine rings is 1. The van der Waals surface area contributed by atoms with Gasteiger partial charge in [0, 0.05) is 23.3 Å². The minimum absolute atomic E-state index is 0.0364. The largest absolute Gasteiger partial charge is 0.493 e. The molecule has 0 unspecified atom stereocenters. The summed E-state index contributed by atoms with van der Waals surface area (Å²) in [7, 11) is 3.15. The molecule has 0 fully saturated rings. The first-order valence-corrected chi connectivity index (χ1v) is 10.9. The Labute approximate surface area is 202 Å². The number of nitrogens with one attached hydrogen (secondary N) is 1. The number of rotatable bonds is 7. The minimum atomic E-state index is -0.605. The Bertz CT molecular complexity index is 1370. The lowest BCUT2D eigenvalue weighted by Gasteiger charge is -2.16. The summed E-state index contributed by atoms with van der Waals surface area (Å²) < 4.78 is 35.3. The topological polar surface area (TPSA) is 78.9 Å². The van der Waals surface area contributed by atoms with Crippen molar-refractivity contribution in [1.29, 1.82) is 0 Å². The zero-order chi connectivity index (χ0) is 24.9. The van der Waals surface area contributed by atoms with Gasteiger partial charge in [-0.3, -0.25) is 10.3 Å². The fraction of sp³-hybridized carbons (Fsp3) is 0.185. The molecular formula is C27H25FN2O5. The third-order valence-electron chi connectivity index (χ3n) is 5.47. The number of ether oxygens (including phenoxy) is 4. The van der Waals surface area contributed by atoms with Crippen LogP contribution in [0.1, 0.15) is 16.7 Å². The van der Waals surface area contributed by atoms with Gasteiger partial charge in [0.2, 0.25) is 0 Å². The van der Waals surface area contributed by atoms with E-state index in [0.29, 0.717) is 39.8 Å². The van der Waals surface area contributed by atoms with E-state index in [0.717, 1.165) is 16.5 Å². The molecule has 0 atom stereocenters. The molecule has 1 aromatic heterocycles. The summed E-state index contributed by atoms with van der Waals surface area (Å²) in [5.74, 6) is 2.06. The molecule has 0 spiro atoms. The van der Waals surface area contributed by atoms with Gasteiger partial charge in [0.05, 0.1) is 19.7 Å². The molecule has 1 heterocycles. The first kappa shape index (κ1) is 23.8. The summed E-state index contributed by atoms with van der Waals surface area (Å²) >= 11 is 0. The van der Waals surface area contributed by atoms with Crippen LogP contribution in [-0.4, -0.2) is 25.3 Å². The van der Waals surface area contributed by atoms with E-state index in [1.807, 2.05) is 32.0 Å². The van der Waals surface area contributed by atoms with Gasteiger partial charge in [-0.1, -0.05) is 12.1 Å². The first-order chi connectivity index (χ1) is 16.9. The van der Waals surface area contributed by atoms with E-state index in [-0.39, 0.29) is 12.4 Å². The number of benzene rings is 3. The van der Waals surface area contributed by atoms with Crippen molar-refractivity contribution in [2.24, 2.45) is 0 Å². The van der Waals surface area contributed by atoms with Crippen LogP contribution >= 0.6 is 0 Å². The van der Waals surface area contributed by atoms with E-state index in [2.05, 4.69) is 10.3 Å². The Morgan fingerprint density at radius 1 is 0.886 bits per heavy atom. The number of amides is 1. The maximum atomic E-state index is 13.0. The molecule has 35 heavy (non-hydrogen) atoms. The van der Waals surface area contributed by atoms with Gasteiger partial charge in [-0.05, 0) is 66.9 Å². The van der Waals surface area contributed by atoms with E-state index >= 15 is 0 Å². The number of methoxy groups -OCH3 is 2. The van der Waals surface area contributed by atoms with Gasteiger partial charge < -0.3 is 18.9 Å². The molecule has 0 aliphatic rings. The fourth-order valence-corrected chi connectivity index (χ4v) is 3.56. The monoisotopic (exact) mass is 476 g/mol. The maximum Gasteiger partial charge on any atom is 0.411 e. The molecule has 0 aliphatic carbocycles. The van der Waals surface area contributed by atoms with Crippen LogP contribution in [0.2, 0.25) is 0 Å². The number of nitrogens with zero attached hydrogens (tertiary/aromatic N) is 1. The molecule has 1 N–H and O–H groups in total. The Kier molecular flexibility index (Phi) is 7.01. The van der Waals surface area contributed by atoms with Crippen molar-refractivity contribution in [2.75, 3.05) is 19.5 Å². The summed E-state index contributed by atoms with van der Waals surface area (Å²) in [6.07, 6.45) is 1.06. The fourth-order valence-electron chi connectivity index (χ4n) is 3.56. The van der Waals surface area contributed by atoms with Crippen LogP contribution in [0.3, 0.4) is 0 Å². The number of hydrogen-bond donors (Lipinski definition) is 1. The molecule has 4 aromatic rings. The zero-order valence-corrected chi connectivity index (χ0v) is 19.8. The standard InChI is InChI=1S/C27H25FN2O5/c1-16-12-24(35-23-9-10-29-22-14-26(33-4)25(32-3)13-20(22)23)17(2)11-21(16)30-27(31)34-15-18-5-7-19(28)8-6-18/h5-14H,15H2,1-4H3,(H,30,31). The van der Waals surface area contributed by atoms with Crippen LogP contribution in [0.25, 0.3) is 10.9 Å². The van der Waals surface area contributed by atoms with E-state index in [1.165, 1.54) is 12.1 Å². The minimum Gasteiger partial charge on any atom is -0.493 e. The van der Waals surface area contributed by atoms with Crippen LogP contribution in [-0.2, 0) is 11.3 Å². The molecule has 4 rings (SSSR count). The average molecular weight is 477 g/mol. The van der Waals surface area contributed by atoms with Crippen molar-refractivity contribution < 1.29 is 28.1 Å². The Morgan fingerprint density at radius 2 is 1.60 bits per heavy atom. The van der Waals surface area contributed by atoms with E-state index in [1.54, 1.807) is 44.7 Å². The van der Waals surface area contributed by atoms with Crippen molar-refractivity contribution in [2.45, 2.75) is 20.5 Å². The second kappa shape index (κ2) is 10.3. The van der Waals surface area contributed by atoms with E-state index in [9.17, 15) is 9.18 Å². The number of carbonyl (C=O) groups excluding carboxylic acids is 1. The van der Waals surface area contributed by atoms with E-state index < -0.39 is 6.09 Å². The predicted molar refractivity (Wildman–Crippen MR) is 131 cm³/mol. The predicted octanol–water partition coefficient (Wildman–Crippen LogP) is 6.55. The van der Waals surface area contributed by atoms with Crippen molar-refractivity contribution >= 4 is 22.7 Å². The first-order valence-electron chi connectivity index (χ1n) is 10.9. The third kappa shape index (κ3) is 5.43. The number of anilines is 1. The smallest absolute Gasteiger partial charge is 0.411 e. The van der Waals surface area contributed by atoms with Crippen LogP contribution in [0, 0.1) is 19.7 Å². The molecule has 7 nitrogen and oxygen atoms in total. The second-order valence-corrected chi connectivity index (χ2v) is 7.90. The highest BCUT2D eigenvalue weighted by Gasteiger charge is 2.14. The van der Waals surface area contributed by atoms with Crippen molar-refractivity contribution in [3.05, 3.63) is 83.3 Å². The number of hydrogen-bond acceptors (Lipinski definition) is 6. The molecule has 3 aromatic carbocycles. The normalized spacial score (nSPS) is 10.7. The average Bonchev–Trinajstić information content (AvgIpc) is 2.86. The molecule has 0 aliphatic heterocycles. The molecule has 8 heteroatoms. The van der Waals surface area contributed by atoms with Crippen molar-refractivity contribution in [1.82, 2.24) is 4.98 Å². The number of halogens is 1. The van der Waals surface area contributed by atoms with Gasteiger partial charge in [0.15, 0.2) is 11.5 Å². The molecule has 180 valence electrons. The molecule has 0 saturated heterocycles. The van der Waals surface area contributed by atoms with Gasteiger partial charge in [-0.25, -0.2) is 9.18 Å². The lowest BCUT2D eigenvalue weighted by molar-refractivity contribution is 0.155. The second-order valence-electron chi connectivity index (χ2n) is 7.90. The number of fused-ring (bicyclic) bond motifs is 1. The molecule has 0 saturated carbocycles. The quantitative estimate of drug-likeness (QED) is 0.326. The molecular weight excluding hydrogens is 451 g/mol. The van der Waals surface area contributed by atoms with Gasteiger partial charge in [0.25, 0.3) is 0 Å². The summed E-state index contributed by atoms with van der Waals surface area (Å²) in [6.45, 7) is 3.78. The highest BCUT2D eigenvalue weighted by molar-refractivity contribution is 5.89. The van der Waals surface area contributed by atoms with Crippen LogP contribution in [0.15, 0.2) is 60.8 Å². The SMILES string of the molecule is COc1cc2nccc(Oc3cc(C)c(NC(=O)OCc4ccc(F)cc4)cc3C)c2cc1OC. The summed E-state index contributed by atoms with van der Waals surface area (Å²) in [4.78, 5) is 16.7. The molecule has 0 bridgehead atoms. The van der Waals surface area contributed by atoms with Crippen LogP contribution < -0.4 is 19.5 Å². The Balaban J connectivity index is 1.51. The number of aromatic nitrogens is 1. The van der Waals surface area contributed by atoms with Gasteiger partial charge in [-0.15, -0.1) is 0 Å². The third-order valence-corrected chi connectivity index (χ3v) is 5.47.